The molecule has 0 radical (unpaired) electrons. The third-order valence-electron chi connectivity index (χ3n) is 3.09. The summed E-state index contributed by atoms with van der Waals surface area (Å²) in [5, 5.41) is 3.34. The zero-order chi connectivity index (χ0) is 13.7. The van der Waals surface area contributed by atoms with Crippen LogP contribution >= 0.6 is 0 Å². The van der Waals surface area contributed by atoms with Crippen molar-refractivity contribution in [2.24, 2.45) is 0 Å². The number of ether oxygens (including phenoxy) is 1. The van der Waals surface area contributed by atoms with Crippen molar-refractivity contribution in [1.82, 2.24) is 4.98 Å². The molecule has 3 nitrogen and oxygen atoms in total. The Morgan fingerprint density at radius 2 is 1.89 bits per heavy atom. The number of nitrogens with one attached hydrogen (secondary N) is 1. The monoisotopic (exact) mass is 256 g/mol. The summed E-state index contributed by atoms with van der Waals surface area (Å²) >= 11 is 0. The molecule has 0 fully saturated rings. The van der Waals surface area contributed by atoms with Crippen LogP contribution in [0.3, 0.4) is 0 Å². The minimum absolute atomic E-state index is 0.570. The topological polar surface area (TPSA) is 34.1 Å². The lowest BCUT2D eigenvalue weighted by atomic mass is 10.0. The summed E-state index contributed by atoms with van der Waals surface area (Å²) in [6, 6.07) is 12.5. The molecule has 1 aromatic carbocycles. The van der Waals surface area contributed by atoms with E-state index in [1.54, 1.807) is 13.3 Å². The summed E-state index contributed by atoms with van der Waals surface area (Å²) in [6.45, 7) is 5.17. The van der Waals surface area contributed by atoms with Gasteiger partial charge in [0.1, 0.15) is 0 Å². The van der Waals surface area contributed by atoms with Gasteiger partial charge in [-0.05, 0) is 29.2 Å². The Morgan fingerprint density at radius 1 is 1.16 bits per heavy atom. The van der Waals surface area contributed by atoms with Crippen molar-refractivity contribution in [3.8, 4) is 5.88 Å². The lowest BCUT2D eigenvalue weighted by Gasteiger charge is -2.11. The zero-order valence-corrected chi connectivity index (χ0v) is 11.7. The van der Waals surface area contributed by atoms with Crippen LogP contribution in [0.5, 0.6) is 5.88 Å². The zero-order valence-electron chi connectivity index (χ0n) is 11.7. The van der Waals surface area contributed by atoms with Gasteiger partial charge >= 0.3 is 0 Å². The first-order valence-electron chi connectivity index (χ1n) is 6.52. The summed E-state index contributed by atoms with van der Waals surface area (Å²) in [6.07, 6.45) is 1.72. The van der Waals surface area contributed by atoms with Crippen molar-refractivity contribution >= 4 is 5.69 Å². The Balaban J connectivity index is 2.02. The van der Waals surface area contributed by atoms with E-state index in [0.29, 0.717) is 11.8 Å². The molecule has 3 heteroatoms. The van der Waals surface area contributed by atoms with E-state index in [0.717, 1.165) is 12.2 Å². The van der Waals surface area contributed by atoms with Gasteiger partial charge in [-0.2, -0.15) is 0 Å². The molecule has 2 rings (SSSR count). The highest BCUT2D eigenvalue weighted by Crippen LogP contribution is 2.21. The van der Waals surface area contributed by atoms with E-state index in [1.165, 1.54) is 11.1 Å². The van der Waals surface area contributed by atoms with Crippen LogP contribution in [0.15, 0.2) is 42.6 Å². The summed E-state index contributed by atoms with van der Waals surface area (Å²) in [4.78, 5) is 4.16. The molecule has 2 aromatic rings. The molecule has 1 aromatic heterocycles. The number of rotatable bonds is 5. The van der Waals surface area contributed by atoms with Gasteiger partial charge in [-0.3, -0.25) is 0 Å². The van der Waals surface area contributed by atoms with Gasteiger partial charge in [-0.15, -0.1) is 0 Å². The van der Waals surface area contributed by atoms with E-state index >= 15 is 0 Å². The van der Waals surface area contributed by atoms with Crippen LogP contribution in [0.1, 0.15) is 30.9 Å². The third kappa shape index (κ3) is 3.47. The minimum Gasteiger partial charge on any atom is -0.480 e. The molecule has 0 saturated carbocycles. The first kappa shape index (κ1) is 13.4. The molecular weight excluding hydrogens is 236 g/mol. The molecule has 100 valence electrons. The predicted molar refractivity (Wildman–Crippen MR) is 78.6 cm³/mol. The number of nitrogens with zero attached hydrogens (tertiary/aromatic N) is 1. The van der Waals surface area contributed by atoms with E-state index in [9.17, 15) is 0 Å². The van der Waals surface area contributed by atoms with Crippen molar-refractivity contribution in [2.75, 3.05) is 12.4 Å². The van der Waals surface area contributed by atoms with E-state index in [1.807, 2.05) is 12.1 Å². The number of hydrogen-bond acceptors (Lipinski definition) is 3. The number of hydrogen-bond donors (Lipinski definition) is 1. The van der Waals surface area contributed by atoms with Crippen LogP contribution < -0.4 is 10.1 Å². The molecule has 0 aliphatic heterocycles. The average Bonchev–Trinajstić information content (AvgIpc) is 2.45. The van der Waals surface area contributed by atoms with Gasteiger partial charge in [-0.1, -0.05) is 38.1 Å². The highest BCUT2D eigenvalue weighted by molar-refractivity contribution is 5.52. The second-order valence-corrected chi connectivity index (χ2v) is 4.81. The van der Waals surface area contributed by atoms with Crippen LogP contribution in [0.2, 0.25) is 0 Å². The Bertz CT molecular complexity index is 521. The molecule has 1 N–H and O–H groups in total. The fourth-order valence-corrected chi connectivity index (χ4v) is 1.91. The first-order valence-corrected chi connectivity index (χ1v) is 6.52. The van der Waals surface area contributed by atoms with Gasteiger partial charge in [0.15, 0.2) is 0 Å². The standard InChI is InChI=1S/C16H20N2O/c1-12(2)14-8-6-13(7-9-14)11-18-15-5-4-10-17-16(15)19-3/h4-10,12,18H,11H2,1-3H3. The molecule has 0 aliphatic rings. The molecule has 0 amide bonds. The lowest BCUT2D eigenvalue weighted by Crippen LogP contribution is -2.02. The van der Waals surface area contributed by atoms with Crippen LogP contribution in [0.4, 0.5) is 5.69 Å². The smallest absolute Gasteiger partial charge is 0.237 e. The molecule has 0 bridgehead atoms. The van der Waals surface area contributed by atoms with Gasteiger partial charge in [0.25, 0.3) is 0 Å². The number of aromatic nitrogens is 1. The van der Waals surface area contributed by atoms with Crippen LogP contribution in [0, 0.1) is 0 Å². The molecule has 19 heavy (non-hydrogen) atoms. The maximum absolute atomic E-state index is 5.21. The van der Waals surface area contributed by atoms with Gasteiger partial charge in [0.05, 0.1) is 12.8 Å². The first-order chi connectivity index (χ1) is 9.20. The van der Waals surface area contributed by atoms with Crippen molar-refractivity contribution < 1.29 is 4.74 Å². The Kier molecular flexibility index (Phi) is 4.39. The fraction of sp³-hybridized carbons (Fsp3) is 0.312. The van der Waals surface area contributed by atoms with Gasteiger partial charge in [0.2, 0.25) is 5.88 Å². The molecular formula is C16H20N2O. The normalized spacial score (nSPS) is 10.5. The van der Waals surface area contributed by atoms with Gasteiger partial charge in [0, 0.05) is 12.7 Å². The fourth-order valence-electron chi connectivity index (χ4n) is 1.91. The highest BCUT2D eigenvalue weighted by atomic mass is 16.5. The summed E-state index contributed by atoms with van der Waals surface area (Å²) < 4.78 is 5.21. The van der Waals surface area contributed by atoms with E-state index in [4.69, 9.17) is 4.74 Å². The molecule has 0 aliphatic carbocycles. The number of anilines is 1. The van der Waals surface area contributed by atoms with E-state index < -0.39 is 0 Å². The van der Waals surface area contributed by atoms with Gasteiger partial charge < -0.3 is 10.1 Å². The van der Waals surface area contributed by atoms with E-state index in [2.05, 4.69) is 48.4 Å². The highest BCUT2D eigenvalue weighted by Gasteiger charge is 2.03. The molecule has 0 unspecified atom stereocenters. The SMILES string of the molecule is COc1ncccc1NCc1ccc(C(C)C)cc1. The van der Waals surface area contributed by atoms with Crippen molar-refractivity contribution in [3.05, 3.63) is 53.7 Å². The Labute approximate surface area is 114 Å². The van der Waals surface area contributed by atoms with Crippen molar-refractivity contribution in [3.63, 3.8) is 0 Å². The second kappa shape index (κ2) is 6.23. The second-order valence-electron chi connectivity index (χ2n) is 4.81. The van der Waals surface area contributed by atoms with Gasteiger partial charge in [-0.25, -0.2) is 4.98 Å². The minimum atomic E-state index is 0.570. The molecule has 0 saturated heterocycles. The Hall–Kier alpha value is -2.03. The maximum Gasteiger partial charge on any atom is 0.237 e. The maximum atomic E-state index is 5.21. The predicted octanol–water partition coefficient (Wildman–Crippen LogP) is 3.83. The molecule has 0 spiro atoms. The summed E-state index contributed by atoms with van der Waals surface area (Å²) in [5.41, 5.74) is 3.52. The number of methoxy groups -OCH3 is 1. The number of benzene rings is 1. The number of pyridine rings is 1. The molecule has 1 heterocycles. The van der Waals surface area contributed by atoms with E-state index in [-0.39, 0.29) is 0 Å². The molecule has 0 atom stereocenters. The van der Waals surface area contributed by atoms with Crippen LogP contribution in [0.25, 0.3) is 0 Å². The third-order valence-corrected chi connectivity index (χ3v) is 3.09. The quantitative estimate of drug-likeness (QED) is 0.883. The van der Waals surface area contributed by atoms with Crippen molar-refractivity contribution in [1.29, 1.82) is 0 Å². The average molecular weight is 256 g/mol. The van der Waals surface area contributed by atoms with Crippen LogP contribution in [-0.4, -0.2) is 12.1 Å². The van der Waals surface area contributed by atoms with Crippen molar-refractivity contribution in [2.45, 2.75) is 26.3 Å². The largest absolute Gasteiger partial charge is 0.480 e. The lowest BCUT2D eigenvalue weighted by molar-refractivity contribution is 0.399. The summed E-state index contributed by atoms with van der Waals surface area (Å²) in [5.74, 6) is 1.20. The Morgan fingerprint density at radius 3 is 2.53 bits per heavy atom. The summed E-state index contributed by atoms with van der Waals surface area (Å²) in [7, 11) is 1.63. The van der Waals surface area contributed by atoms with Crippen LogP contribution in [-0.2, 0) is 6.54 Å².